The fourth-order valence-corrected chi connectivity index (χ4v) is 3.95. The first-order chi connectivity index (χ1) is 17.3. The molecule has 0 aliphatic carbocycles. The van der Waals surface area contributed by atoms with Gasteiger partial charge < -0.3 is 19.5 Å². The van der Waals surface area contributed by atoms with Crippen molar-refractivity contribution in [2.45, 2.75) is 13.2 Å². The number of nitrogens with one attached hydrogen (secondary N) is 1. The summed E-state index contributed by atoms with van der Waals surface area (Å²) in [5.41, 5.74) is 2.16. The van der Waals surface area contributed by atoms with E-state index >= 15 is 0 Å². The number of halogens is 1. The van der Waals surface area contributed by atoms with Gasteiger partial charge in [-0.2, -0.15) is 5.26 Å². The van der Waals surface area contributed by atoms with Crippen molar-refractivity contribution in [3.8, 4) is 23.3 Å². The van der Waals surface area contributed by atoms with Crippen LogP contribution in [0, 0.1) is 25.0 Å². The van der Waals surface area contributed by atoms with Crippen LogP contribution in [0.15, 0.2) is 66.2 Å². The first-order valence-corrected chi connectivity index (χ1v) is 11.7. The molecule has 0 radical (unpaired) electrons. The van der Waals surface area contributed by atoms with Gasteiger partial charge in [-0.05, 0) is 81.8 Å². The number of methoxy groups -OCH3 is 2. The maximum atomic E-state index is 12.6. The van der Waals surface area contributed by atoms with Crippen LogP contribution in [0.1, 0.15) is 16.7 Å². The number of nitrogens with zero attached hydrogens (tertiary/aromatic N) is 2. The minimum atomic E-state index is -0.499. The molecule has 9 nitrogen and oxygen atoms in total. The third kappa shape index (κ3) is 6.96. The molecular formula is C26H22IN3O6. The van der Waals surface area contributed by atoms with E-state index in [0.29, 0.717) is 26.4 Å². The van der Waals surface area contributed by atoms with E-state index in [1.807, 2.05) is 18.2 Å². The first kappa shape index (κ1) is 26.5. The number of hydrogen-bond donors (Lipinski definition) is 1. The molecule has 10 heteroatoms. The third-order valence-corrected chi connectivity index (χ3v) is 5.87. The Morgan fingerprint density at radius 1 is 1.08 bits per heavy atom. The lowest BCUT2D eigenvalue weighted by atomic mass is 10.1. The molecule has 3 aromatic carbocycles. The SMILES string of the molecule is COc1ccc(CNC(=O)/C(C#N)=C\c2cc(I)c(OCc3ccc([N+](=O)[O-])cc3)c(OC)c2)cc1. The highest BCUT2D eigenvalue weighted by atomic mass is 127. The lowest BCUT2D eigenvalue weighted by Gasteiger charge is -2.14. The number of carbonyl (C=O) groups excluding carboxylic acids is 1. The van der Waals surface area contributed by atoms with Crippen molar-refractivity contribution in [3.63, 3.8) is 0 Å². The minimum Gasteiger partial charge on any atom is -0.497 e. The van der Waals surface area contributed by atoms with Gasteiger partial charge in [-0.15, -0.1) is 0 Å². The first-order valence-electron chi connectivity index (χ1n) is 10.6. The van der Waals surface area contributed by atoms with Gasteiger partial charge >= 0.3 is 0 Å². The topological polar surface area (TPSA) is 124 Å². The zero-order chi connectivity index (χ0) is 26.1. The van der Waals surface area contributed by atoms with Crippen molar-refractivity contribution in [2.24, 2.45) is 0 Å². The fourth-order valence-electron chi connectivity index (χ4n) is 3.17. The summed E-state index contributed by atoms with van der Waals surface area (Å²) in [6.07, 6.45) is 1.48. The number of amides is 1. The minimum absolute atomic E-state index is 0.00313. The molecular weight excluding hydrogens is 577 g/mol. The second kappa shape index (κ2) is 12.6. The molecule has 0 unspecified atom stereocenters. The standard InChI is InChI=1S/C26H22IN3O6/c1-34-22-9-5-17(6-10-22)15-29-26(31)20(14-28)11-19-12-23(27)25(24(13-19)35-2)36-16-18-3-7-21(8-4-18)30(32)33/h3-13H,15-16H2,1-2H3,(H,29,31)/b20-11-. The van der Waals surface area contributed by atoms with Crippen LogP contribution in [0.4, 0.5) is 5.69 Å². The Morgan fingerprint density at radius 2 is 1.75 bits per heavy atom. The van der Waals surface area contributed by atoms with Gasteiger partial charge in [0, 0.05) is 18.7 Å². The molecule has 0 spiro atoms. The third-order valence-electron chi connectivity index (χ3n) is 5.07. The van der Waals surface area contributed by atoms with Crippen molar-refractivity contribution >= 4 is 40.3 Å². The van der Waals surface area contributed by atoms with Crippen molar-refractivity contribution in [1.29, 1.82) is 5.26 Å². The number of rotatable bonds is 10. The predicted molar refractivity (Wildman–Crippen MR) is 142 cm³/mol. The van der Waals surface area contributed by atoms with E-state index in [-0.39, 0.29) is 24.4 Å². The Kier molecular flexibility index (Phi) is 9.24. The van der Waals surface area contributed by atoms with Crippen molar-refractivity contribution in [2.75, 3.05) is 14.2 Å². The summed E-state index contributed by atoms with van der Waals surface area (Å²) in [5.74, 6) is 1.12. The summed E-state index contributed by atoms with van der Waals surface area (Å²) in [6.45, 7) is 0.439. The molecule has 0 aromatic heterocycles. The van der Waals surface area contributed by atoms with Crippen LogP contribution in [0.5, 0.6) is 17.2 Å². The summed E-state index contributed by atoms with van der Waals surface area (Å²) >= 11 is 2.08. The van der Waals surface area contributed by atoms with E-state index < -0.39 is 10.8 Å². The number of hydrogen-bond acceptors (Lipinski definition) is 7. The molecule has 0 aliphatic rings. The van der Waals surface area contributed by atoms with E-state index in [4.69, 9.17) is 14.2 Å². The fraction of sp³-hybridized carbons (Fsp3) is 0.154. The maximum absolute atomic E-state index is 12.6. The second-order valence-electron chi connectivity index (χ2n) is 7.45. The van der Waals surface area contributed by atoms with Gasteiger partial charge in [0.05, 0.1) is 22.7 Å². The van der Waals surface area contributed by atoms with Crippen molar-refractivity contribution in [3.05, 3.63) is 96.6 Å². The van der Waals surface area contributed by atoms with Crippen LogP contribution in [0.3, 0.4) is 0 Å². The molecule has 184 valence electrons. The normalized spacial score (nSPS) is 10.8. The number of ether oxygens (including phenoxy) is 3. The van der Waals surface area contributed by atoms with E-state index in [1.165, 1.54) is 25.3 Å². The number of benzene rings is 3. The number of carbonyl (C=O) groups is 1. The summed E-state index contributed by atoms with van der Waals surface area (Å²) < 4.78 is 17.2. The molecule has 0 atom stereocenters. The van der Waals surface area contributed by atoms with Gasteiger partial charge in [0.15, 0.2) is 11.5 Å². The zero-order valence-electron chi connectivity index (χ0n) is 19.5. The Hall–Kier alpha value is -4.11. The Morgan fingerprint density at radius 3 is 2.33 bits per heavy atom. The number of non-ortho nitro benzene ring substituents is 1. The van der Waals surface area contributed by atoms with Crippen molar-refractivity contribution < 1.29 is 23.9 Å². The summed E-state index contributed by atoms with van der Waals surface area (Å²) in [5, 5.41) is 23.1. The molecule has 0 saturated heterocycles. The van der Waals surface area contributed by atoms with Crippen molar-refractivity contribution in [1.82, 2.24) is 5.32 Å². The van der Waals surface area contributed by atoms with Gasteiger partial charge in [-0.3, -0.25) is 14.9 Å². The van der Waals surface area contributed by atoms with Gasteiger partial charge in [0.1, 0.15) is 24.0 Å². The highest BCUT2D eigenvalue weighted by molar-refractivity contribution is 14.1. The lowest BCUT2D eigenvalue weighted by molar-refractivity contribution is -0.384. The zero-order valence-corrected chi connectivity index (χ0v) is 21.6. The summed E-state index contributed by atoms with van der Waals surface area (Å²) in [6, 6.07) is 18.7. The van der Waals surface area contributed by atoms with Crippen LogP contribution >= 0.6 is 22.6 Å². The van der Waals surface area contributed by atoms with Crippen LogP contribution in [0.25, 0.3) is 6.08 Å². The summed E-state index contributed by atoms with van der Waals surface area (Å²) in [7, 11) is 3.07. The second-order valence-corrected chi connectivity index (χ2v) is 8.61. The molecule has 0 bridgehead atoms. The van der Waals surface area contributed by atoms with E-state index in [2.05, 4.69) is 27.9 Å². The molecule has 36 heavy (non-hydrogen) atoms. The molecule has 3 rings (SSSR count). The number of nitro benzene ring substituents is 1. The molecule has 0 saturated carbocycles. The lowest BCUT2D eigenvalue weighted by Crippen LogP contribution is -2.23. The average Bonchev–Trinajstić information content (AvgIpc) is 2.89. The number of nitriles is 1. The largest absolute Gasteiger partial charge is 0.497 e. The molecule has 1 amide bonds. The maximum Gasteiger partial charge on any atom is 0.269 e. The van der Waals surface area contributed by atoms with Gasteiger partial charge in [0.2, 0.25) is 0 Å². The van der Waals surface area contributed by atoms with E-state index in [1.54, 1.807) is 43.5 Å². The Labute approximate surface area is 221 Å². The van der Waals surface area contributed by atoms with Crippen LogP contribution < -0.4 is 19.5 Å². The molecule has 1 N–H and O–H groups in total. The Bertz CT molecular complexity index is 1320. The molecule has 0 fully saturated rings. The van der Waals surface area contributed by atoms with Gasteiger partial charge in [0.25, 0.3) is 11.6 Å². The van der Waals surface area contributed by atoms with Gasteiger partial charge in [-0.1, -0.05) is 12.1 Å². The van der Waals surface area contributed by atoms with E-state index in [0.717, 1.165) is 11.1 Å². The molecule has 3 aromatic rings. The highest BCUT2D eigenvalue weighted by Gasteiger charge is 2.14. The van der Waals surface area contributed by atoms with Gasteiger partial charge in [-0.25, -0.2) is 0 Å². The van der Waals surface area contributed by atoms with Crippen LogP contribution in [-0.2, 0) is 17.9 Å². The summed E-state index contributed by atoms with van der Waals surface area (Å²) in [4.78, 5) is 22.9. The number of nitro groups is 1. The van der Waals surface area contributed by atoms with E-state index in [9.17, 15) is 20.2 Å². The smallest absolute Gasteiger partial charge is 0.269 e. The monoisotopic (exact) mass is 599 g/mol. The van der Waals surface area contributed by atoms with Crippen LogP contribution in [-0.4, -0.2) is 25.1 Å². The quantitative estimate of drug-likeness (QED) is 0.114. The highest BCUT2D eigenvalue weighted by Crippen LogP contribution is 2.35. The molecule has 0 aliphatic heterocycles. The van der Waals surface area contributed by atoms with Crippen LogP contribution in [0.2, 0.25) is 0 Å². The average molecular weight is 599 g/mol. The predicted octanol–water partition coefficient (Wildman–Crippen LogP) is 5.02. The Balaban J connectivity index is 1.72. The molecule has 0 heterocycles.